The molecule has 0 aliphatic rings. The Morgan fingerprint density at radius 1 is 0.839 bits per heavy atom. The van der Waals surface area contributed by atoms with Crippen molar-refractivity contribution in [1.29, 1.82) is 0 Å². The van der Waals surface area contributed by atoms with Crippen molar-refractivity contribution in [2.24, 2.45) is 0 Å². The summed E-state index contributed by atoms with van der Waals surface area (Å²) in [5.74, 6) is 0.143. The van der Waals surface area contributed by atoms with Gasteiger partial charge in [0.2, 0.25) is 0 Å². The number of aryl methyl sites for hydroxylation is 1. The van der Waals surface area contributed by atoms with Crippen molar-refractivity contribution < 1.29 is 28.5 Å². The van der Waals surface area contributed by atoms with Crippen LogP contribution in [0, 0.1) is 0 Å². The Kier molecular flexibility index (Phi) is 8.05. The lowest BCUT2D eigenvalue weighted by Crippen LogP contribution is -2.18. The van der Waals surface area contributed by atoms with Gasteiger partial charge in [-0.2, -0.15) is 0 Å². The molecule has 6 nitrogen and oxygen atoms in total. The van der Waals surface area contributed by atoms with Crippen LogP contribution >= 0.6 is 0 Å². The molecule has 3 rings (SSSR count). The van der Waals surface area contributed by atoms with Crippen LogP contribution in [-0.2, 0) is 16.0 Å². The number of methoxy groups -OCH3 is 1. The van der Waals surface area contributed by atoms with Crippen molar-refractivity contribution in [3.8, 4) is 17.2 Å². The zero-order valence-corrected chi connectivity index (χ0v) is 17.3. The van der Waals surface area contributed by atoms with Gasteiger partial charge in [0.25, 0.3) is 0 Å². The van der Waals surface area contributed by atoms with E-state index in [4.69, 9.17) is 18.9 Å². The van der Waals surface area contributed by atoms with E-state index >= 15 is 0 Å². The maximum absolute atomic E-state index is 12.3. The molecule has 0 radical (unpaired) electrons. The minimum atomic E-state index is -0.598. The molecule has 0 spiro atoms. The summed E-state index contributed by atoms with van der Waals surface area (Å²) < 4.78 is 21.2. The molecular weight excluding hydrogens is 396 g/mol. The maximum atomic E-state index is 12.3. The fourth-order valence-electron chi connectivity index (χ4n) is 2.89. The molecule has 0 fully saturated rings. The first-order valence-electron chi connectivity index (χ1n) is 9.93. The molecule has 6 heteroatoms. The molecule has 0 aliphatic heterocycles. The molecule has 3 aromatic rings. The molecule has 0 saturated carbocycles. The van der Waals surface area contributed by atoms with Gasteiger partial charge in [0.15, 0.2) is 18.1 Å². The van der Waals surface area contributed by atoms with Gasteiger partial charge in [-0.05, 0) is 48.7 Å². The Morgan fingerprint density at radius 2 is 1.58 bits per heavy atom. The lowest BCUT2D eigenvalue weighted by Gasteiger charge is -2.10. The van der Waals surface area contributed by atoms with Crippen LogP contribution in [0.2, 0.25) is 0 Å². The Hall–Kier alpha value is -3.80. The normalized spacial score (nSPS) is 10.2. The zero-order chi connectivity index (χ0) is 21.9. The molecule has 0 aliphatic carbocycles. The predicted octanol–water partition coefficient (Wildman–Crippen LogP) is 4.47. The van der Waals surface area contributed by atoms with Crippen LogP contribution in [0.25, 0.3) is 0 Å². The molecule has 0 heterocycles. The molecule has 0 N–H and O–H groups in total. The SMILES string of the molecule is COc1ccccc1OCC(=O)Oc1cccc(C(=O)OCCCc2ccccc2)c1. The smallest absolute Gasteiger partial charge is 0.349 e. The van der Waals surface area contributed by atoms with E-state index in [1.54, 1.807) is 42.5 Å². The average molecular weight is 420 g/mol. The molecule has 31 heavy (non-hydrogen) atoms. The van der Waals surface area contributed by atoms with Crippen molar-refractivity contribution in [3.63, 3.8) is 0 Å². The highest BCUT2D eigenvalue weighted by molar-refractivity contribution is 5.90. The molecule has 0 unspecified atom stereocenters. The van der Waals surface area contributed by atoms with Crippen LogP contribution in [0.15, 0.2) is 78.9 Å². The lowest BCUT2D eigenvalue weighted by molar-refractivity contribution is -0.136. The number of esters is 2. The molecule has 160 valence electrons. The Balaban J connectivity index is 1.46. The second kappa shape index (κ2) is 11.4. The Morgan fingerprint density at radius 3 is 2.35 bits per heavy atom. The van der Waals surface area contributed by atoms with E-state index < -0.39 is 11.9 Å². The zero-order valence-electron chi connectivity index (χ0n) is 17.3. The lowest BCUT2D eigenvalue weighted by atomic mass is 10.1. The summed E-state index contributed by atoms with van der Waals surface area (Å²) in [4.78, 5) is 24.4. The second-order valence-corrected chi connectivity index (χ2v) is 6.67. The minimum absolute atomic E-state index is 0.243. The summed E-state index contributed by atoms with van der Waals surface area (Å²) in [5.41, 5.74) is 1.51. The fraction of sp³-hybridized carbons (Fsp3) is 0.200. The van der Waals surface area contributed by atoms with Crippen LogP contribution in [0.1, 0.15) is 22.3 Å². The van der Waals surface area contributed by atoms with Gasteiger partial charge in [0, 0.05) is 0 Å². The summed E-state index contributed by atoms with van der Waals surface area (Å²) in [7, 11) is 1.52. The van der Waals surface area contributed by atoms with E-state index in [0.29, 0.717) is 23.7 Å². The number of hydrogen-bond donors (Lipinski definition) is 0. The van der Waals surface area contributed by atoms with Gasteiger partial charge in [-0.25, -0.2) is 9.59 Å². The quantitative estimate of drug-likeness (QED) is 0.274. The molecule has 3 aromatic carbocycles. The Bertz CT molecular complexity index is 1000. The van der Waals surface area contributed by atoms with E-state index in [0.717, 1.165) is 12.8 Å². The van der Waals surface area contributed by atoms with Crippen molar-refractivity contribution >= 4 is 11.9 Å². The van der Waals surface area contributed by atoms with Crippen LogP contribution in [0.5, 0.6) is 17.2 Å². The van der Waals surface area contributed by atoms with Crippen molar-refractivity contribution in [3.05, 3.63) is 90.0 Å². The van der Waals surface area contributed by atoms with E-state index in [2.05, 4.69) is 0 Å². The number of rotatable bonds is 10. The fourth-order valence-corrected chi connectivity index (χ4v) is 2.89. The second-order valence-electron chi connectivity index (χ2n) is 6.67. The van der Waals surface area contributed by atoms with E-state index in [9.17, 15) is 9.59 Å². The summed E-state index contributed by atoms with van der Waals surface area (Å²) in [6.07, 6.45) is 1.56. The topological polar surface area (TPSA) is 71.1 Å². The van der Waals surface area contributed by atoms with Gasteiger partial charge in [0.1, 0.15) is 5.75 Å². The van der Waals surface area contributed by atoms with Crippen LogP contribution in [-0.4, -0.2) is 32.3 Å². The number of para-hydroxylation sites is 2. The monoisotopic (exact) mass is 420 g/mol. The molecule has 0 saturated heterocycles. The summed E-state index contributed by atoms with van der Waals surface area (Å²) in [6, 6.07) is 23.3. The average Bonchev–Trinajstić information content (AvgIpc) is 2.81. The molecule has 0 aromatic heterocycles. The number of carbonyl (C=O) groups is 2. The van der Waals surface area contributed by atoms with Gasteiger partial charge in [-0.15, -0.1) is 0 Å². The van der Waals surface area contributed by atoms with Gasteiger partial charge in [0.05, 0.1) is 19.3 Å². The van der Waals surface area contributed by atoms with Gasteiger partial charge in [-0.3, -0.25) is 0 Å². The summed E-state index contributed by atoms with van der Waals surface area (Å²) in [6.45, 7) is 0.0129. The van der Waals surface area contributed by atoms with Crippen molar-refractivity contribution in [2.75, 3.05) is 20.3 Å². The third-order valence-electron chi connectivity index (χ3n) is 4.40. The summed E-state index contributed by atoms with van der Waals surface area (Å²) in [5, 5.41) is 0. The van der Waals surface area contributed by atoms with Crippen molar-refractivity contribution in [1.82, 2.24) is 0 Å². The molecule has 0 amide bonds. The highest BCUT2D eigenvalue weighted by Gasteiger charge is 2.12. The van der Waals surface area contributed by atoms with Crippen LogP contribution in [0.4, 0.5) is 0 Å². The molecule has 0 bridgehead atoms. The number of carbonyl (C=O) groups excluding carboxylic acids is 2. The first-order chi connectivity index (χ1) is 15.2. The number of benzene rings is 3. The van der Waals surface area contributed by atoms with E-state index in [1.807, 2.05) is 30.3 Å². The minimum Gasteiger partial charge on any atom is -0.493 e. The first kappa shape index (κ1) is 21.9. The van der Waals surface area contributed by atoms with E-state index in [1.165, 1.54) is 18.7 Å². The third-order valence-corrected chi connectivity index (χ3v) is 4.40. The highest BCUT2D eigenvalue weighted by Crippen LogP contribution is 2.25. The predicted molar refractivity (Wildman–Crippen MR) is 116 cm³/mol. The van der Waals surface area contributed by atoms with Gasteiger partial charge < -0.3 is 18.9 Å². The molecular formula is C25H24O6. The van der Waals surface area contributed by atoms with Crippen molar-refractivity contribution in [2.45, 2.75) is 12.8 Å². The van der Waals surface area contributed by atoms with Gasteiger partial charge in [-0.1, -0.05) is 48.5 Å². The molecule has 0 atom stereocenters. The first-order valence-corrected chi connectivity index (χ1v) is 9.93. The van der Waals surface area contributed by atoms with E-state index in [-0.39, 0.29) is 12.4 Å². The largest absolute Gasteiger partial charge is 0.493 e. The summed E-state index contributed by atoms with van der Waals surface area (Å²) >= 11 is 0. The van der Waals surface area contributed by atoms with Gasteiger partial charge >= 0.3 is 11.9 Å². The Labute approximate surface area is 181 Å². The van der Waals surface area contributed by atoms with Crippen LogP contribution < -0.4 is 14.2 Å². The standard InChI is InChI=1S/C25H24O6/c1-28-22-14-5-6-15-23(22)30-18-24(26)31-21-13-7-12-20(17-21)25(27)29-16-8-11-19-9-3-2-4-10-19/h2-7,9-10,12-15,17H,8,11,16,18H2,1H3. The highest BCUT2D eigenvalue weighted by atomic mass is 16.6. The third kappa shape index (κ3) is 6.89. The number of ether oxygens (including phenoxy) is 4. The van der Waals surface area contributed by atoms with Crippen LogP contribution in [0.3, 0.4) is 0 Å². The number of hydrogen-bond acceptors (Lipinski definition) is 6. The maximum Gasteiger partial charge on any atom is 0.349 e.